The minimum absolute atomic E-state index is 0.00449. The van der Waals surface area contributed by atoms with Crippen molar-refractivity contribution in [2.24, 2.45) is 17.8 Å². The maximum atomic E-state index is 17.4. The minimum atomic E-state index is -0.927. The fourth-order valence-corrected chi connectivity index (χ4v) is 8.99. The van der Waals surface area contributed by atoms with E-state index in [4.69, 9.17) is 26.1 Å². The van der Waals surface area contributed by atoms with Crippen LogP contribution in [0.3, 0.4) is 0 Å². The molecule has 4 aliphatic rings. The van der Waals surface area contributed by atoms with Crippen LogP contribution in [-0.4, -0.2) is 69.5 Å². The fraction of sp³-hybridized carbons (Fsp3) is 0.488. The standard InChI is InChI=1S/C41H42F3N5O2/c1-4-30-32(43)13-12-27-17-29(50)18-31(34(27)30)37-36(44)38-35(33(45-37)9-6-5-8-24(2)3)39(48-20-25-10-11-26(16-25)21-48)47-40(46-38)51-23-41-14-7-15-49(41)22-28(42)19-41/h1,12-13,17-18,24-26,28,50H,5,7-8,10-11,14-16,19-23H2,2-3H3/t25?,26?,28-,41+/m1/s1. The fourth-order valence-electron chi connectivity index (χ4n) is 8.99. The first-order valence-electron chi connectivity index (χ1n) is 18.2. The molecule has 8 rings (SSSR count). The number of hydrogen-bond acceptors (Lipinski definition) is 7. The molecule has 2 aromatic carbocycles. The SMILES string of the molecule is C#Cc1c(F)ccc2cc(O)cc(-c3nc(C#CCCC(C)C)c4c(N5CC6CCC(C6)C5)nc(OC[C@@]56CCCN5C[C@H](F)C6)nc4c3F)c12. The van der Waals surface area contributed by atoms with Crippen LogP contribution >= 0.6 is 0 Å². The van der Waals surface area contributed by atoms with Gasteiger partial charge in [0.05, 0.1) is 16.5 Å². The first-order valence-corrected chi connectivity index (χ1v) is 18.2. The quantitative estimate of drug-likeness (QED) is 0.198. The highest BCUT2D eigenvalue weighted by Crippen LogP contribution is 2.44. The third-order valence-electron chi connectivity index (χ3n) is 11.4. The molecule has 2 aromatic heterocycles. The molecule has 0 radical (unpaired) electrons. The molecule has 1 N–H and O–H groups in total. The van der Waals surface area contributed by atoms with Crippen LogP contribution in [0.1, 0.15) is 76.5 Å². The summed E-state index contributed by atoms with van der Waals surface area (Å²) in [5, 5.41) is 11.9. The number of halogens is 3. The molecule has 10 heteroatoms. The second-order valence-electron chi connectivity index (χ2n) is 15.4. The first-order chi connectivity index (χ1) is 24.6. The van der Waals surface area contributed by atoms with Crippen molar-refractivity contribution < 1.29 is 23.0 Å². The largest absolute Gasteiger partial charge is 0.508 e. The van der Waals surface area contributed by atoms with Gasteiger partial charge in [0.1, 0.15) is 47.1 Å². The lowest BCUT2D eigenvalue weighted by Gasteiger charge is -2.34. The van der Waals surface area contributed by atoms with Crippen LogP contribution < -0.4 is 9.64 Å². The third kappa shape index (κ3) is 6.12. The van der Waals surface area contributed by atoms with Crippen molar-refractivity contribution in [1.82, 2.24) is 19.9 Å². The van der Waals surface area contributed by atoms with Crippen LogP contribution in [0.25, 0.3) is 32.9 Å². The lowest BCUT2D eigenvalue weighted by Crippen LogP contribution is -2.43. The maximum Gasteiger partial charge on any atom is 0.319 e. The molecule has 3 saturated heterocycles. The molecule has 2 bridgehead atoms. The summed E-state index contributed by atoms with van der Waals surface area (Å²) in [6.45, 7) is 7.15. The smallest absolute Gasteiger partial charge is 0.319 e. The summed E-state index contributed by atoms with van der Waals surface area (Å²) in [6, 6.07) is 5.53. The van der Waals surface area contributed by atoms with E-state index >= 15 is 8.78 Å². The Morgan fingerprint density at radius 1 is 1.08 bits per heavy atom. The van der Waals surface area contributed by atoms with Gasteiger partial charge in [0.2, 0.25) is 0 Å². The van der Waals surface area contributed by atoms with Gasteiger partial charge in [-0.1, -0.05) is 31.8 Å². The number of piperidine rings is 1. The molecule has 2 unspecified atom stereocenters. The highest BCUT2D eigenvalue weighted by atomic mass is 19.1. The number of phenolic OH excluding ortho intramolecular Hbond substituents is 1. The number of rotatable bonds is 7. The zero-order chi connectivity index (χ0) is 35.4. The summed E-state index contributed by atoms with van der Waals surface area (Å²) in [4.78, 5) is 18.9. The van der Waals surface area contributed by atoms with Crippen molar-refractivity contribution in [1.29, 1.82) is 0 Å². The molecule has 0 amide bonds. The van der Waals surface area contributed by atoms with Crippen molar-refractivity contribution in [2.45, 2.75) is 76.9 Å². The molecule has 3 aliphatic heterocycles. The lowest BCUT2D eigenvalue weighted by atomic mass is 9.95. The van der Waals surface area contributed by atoms with Gasteiger partial charge in [0, 0.05) is 43.4 Å². The predicted octanol–water partition coefficient (Wildman–Crippen LogP) is 7.79. The van der Waals surface area contributed by atoms with E-state index in [-0.39, 0.29) is 51.8 Å². The van der Waals surface area contributed by atoms with E-state index in [0.717, 1.165) is 58.2 Å². The molecule has 4 atom stereocenters. The Morgan fingerprint density at radius 2 is 1.88 bits per heavy atom. The van der Waals surface area contributed by atoms with E-state index in [9.17, 15) is 9.50 Å². The number of ether oxygens (including phenoxy) is 1. The number of phenols is 1. The third-order valence-corrected chi connectivity index (χ3v) is 11.4. The van der Waals surface area contributed by atoms with Crippen LogP contribution in [0.4, 0.5) is 19.0 Å². The Balaban J connectivity index is 1.35. The number of fused-ring (bicyclic) bond motifs is 5. The van der Waals surface area contributed by atoms with Crippen molar-refractivity contribution >= 4 is 27.5 Å². The Hall–Kier alpha value is -4.54. The summed E-state index contributed by atoms with van der Waals surface area (Å²) in [5.74, 6) is 9.26. The summed E-state index contributed by atoms with van der Waals surface area (Å²) >= 11 is 0. The molecule has 4 aromatic rings. The maximum absolute atomic E-state index is 17.4. The minimum Gasteiger partial charge on any atom is -0.508 e. The number of pyridine rings is 1. The molecule has 51 heavy (non-hydrogen) atoms. The highest BCUT2D eigenvalue weighted by Gasteiger charge is 2.49. The molecule has 1 saturated carbocycles. The van der Waals surface area contributed by atoms with Crippen molar-refractivity contribution in [2.75, 3.05) is 37.7 Å². The number of terminal acetylenes is 1. The summed E-state index contributed by atoms with van der Waals surface area (Å²) in [5.41, 5.74) is -0.292. The van der Waals surface area contributed by atoms with Gasteiger partial charge in [0.15, 0.2) is 5.82 Å². The van der Waals surface area contributed by atoms with Gasteiger partial charge in [-0.25, -0.2) is 18.2 Å². The average molecular weight is 694 g/mol. The van der Waals surface area contributed by atoms with Crippen LogP contribution in [-0.2, 0) is 0 Å². The number of aromatic nitrogens is 3. The molecule has 0 spiro atoms. The predicted molar refractivity (Wildman–Crippen MR) is 192 cm³/mol. The lowest BCUT2D eigenvalue weighted by molar-refractivity contribution is 0.107. The van der Waals surface area contributed by atoms with E-state index in [0.29, 0.717) is 53.7 Å². The summed E-state index contributed by atoms with van der Waals surface area (Å²) in [7, 11) is 0. The van der Waals surface area contributed by atoms with E-state index < -0.39 is 23.3 Å². The van der Waals surface area contributed by atoms with Gasteiger partial charge < -0.3 is 14.7 Å². The zero-order valence-corrected chi connectivity index (χ0v) is 29.1. The van der Waals surface area contributed by atoms with Crippen molar-refractivity contribution in [3.63, 3.8) is 0 Å². The molecular weight excluding hydrogens is 651 g/mol. The second kappa shape index (κ2) is 13.2. The average Bonchev–Trinajstić information content (AvgIpc) is 3.76. The van der Waals surface area contributed by atoms with Crippen LogP contribution in [0.5, 0.6) is 11.8 Å². The number of benzene rings is 2. The summed E-state index contributed by atoms with van der Waals surface area (Å²) in [6.07, 6.45) is 11.9. The van der Waals surface area contributed by atoms with Crippen molar-refractivity contribution in [3.8, 4) is 47.2 Å². The number of anilines is 1. The number of alkyl halides is 1. The van der Waals surface area contributed by atoms with E-state index in [1.807, 2.05) is 0 Å². The van der Waals surface area contributed by atoms with Crippen LogP contribution in [0, 0.1) is 53.6 Å². The number of nitrogens with zero attached hydrogens (tertiary/aromatic N) is 5. The van der Waals surface area contributed by atoms with Crippen molar-refractivity contribution in [3.05, 3.63) is 47.2 Å². The zero-order valence-electron chi connectivity index (χ0n) is 29.1. The van der Waals surface area contributed by atoms with Gasteiger partial charge in [0.25, 0.3) is 0 Å². The topological polar surface area (TPSA) is 74.6 Å². The Bertz CT molecular complexity index is 2130. The van der Waals surface area contributed by atoms with E-state index in [2.05, 4.69) is 41.4 Å². The Kier molecular flexibility index (Phi) is 8.71. The molecular formula is C41H42F3N5O2. The van der Waals surface area contributed by atoms with Crippen LogP contribution in [0.15, 0.2) is 24.3 Å². The van der Waals surface area contributed by atoms with E-state index in [1.165, 1.54) is 24.3 Å². The number of aromatic hydroxyl groups is 1. The molecule has 264 valence electrons. The van der Waals surface area contributed by atoms with Gasteiger partial charge in [-0.15, -0.1) is 6.42 Å². The molecule has 4 fully saturated rings. The van der Waals surface area contributed by atoms with Gasteiger partial charge in [-0.05, 0) is 92.3 Å². The normalized spacial score (nSPS) is 24.3. The monoisotopic (exact) mass is 693 g/mol. The van der Waals surface area contributed by atoms with Gasteiger partial charge >= 0.3 is 6.01 Å². The highest BCUT2D eigenvalue weighted by molar-refractivity contribution is 6.04. The Labute approximate surface area is 296 Å². The Morgan fingerprint density at radius 3 is 2.65 bits per heavy atom. The van der Waals surface area contributed by atoms with Gasteiger partial charge in [-0.2, -0.15) is 9.97 Å². The molecule has 7 nitrogen and oxygen atoms in total. The summed E-state index contributed by atoms with van der Waals surface area (Å²) < 4.78 is 53.5. The van der Waals surface area contributed by atoms with Gasteiger partial charge in [-0.3, -0.25) is 4.90 Å². The molecule has 1 aliphatic carbocycles. The molecule has 5 heterocycles. The van der Waals surface area contributed by atoms with E-state index in [1.54, 1.807) is 0 Å². The first kappa shape index (κ1) is 33.6. The second-order valence-corrected chi connectivity index (χ2v) is 15.4. The number of hydrogen-bond donors (Lipinski definition) is 1. The van der Waals surface area contributed by atoms with Crippen LogP contribution in [0.2, 0.25) is 0 Å².